The molecule has 3 aromatic rings. The van der Waals surface area contributed by atoms with Crippen molar-refractivity contribution in [3.63, 3.8) is 0 Å². The van der Waals surface area contributed by atoms with Gasteiger partial charge in [0, 0.05) is 16.3 Å². The van der Waals surface area contributed by atoms with Crippen LogP contribution < -0.4 is 15.8 Å². The second kappa shape index (κ2) is 7.60. The van der Waals surface area contributed by atoms with Gasteiger partial charge in [0.1, 0.15) is 11.8 Å². The fourth-order valence-corrected chi connectivity index (χ4v) is 3.54. The second-order valence-electron chi connectivity index (χ2n) is 6.64. The number of rotatable bonds is 5. The molecule has 1 atom stereocenters. The van der Waals surface area contributed by atoms with Crippen molar-refractivity contribution in [2.75, 3.05) is 11.9 Å². The third-order valence-electron chi connectivity index (χ3n) is 4.73. The number of ether oxygens (including phenoxy) is 1. The number of carbonyl (C=O) groups is 1. The highest BCUT2D eigenvalue weighted by Crippen LogP contribution is 2.36. The summed E-state index contributed by atoms with van der Waals surface area (Å²) in [6.45, 7) is 4.34. The highest BCUT2D eigenvalue weighted by atomic mass is 35.5. The van der Waals surface area contributed by atoms with Crippen molar-refractivity contribution in [3.05, 3.63) is 70.4 Å². The van der Waals surface area contributed by atoms with Crippen LogP contribution in [0.2, 0.25) is 5.02 Å². The molecule has 148 valence electrons. The minimum atomic E-state index is -0.515. The number of benzene rings is 2. The highest BCUT2D eigenvalue weighted by molar-refractivity contribution is 6.30. The van der Waals surface area contributed by atoms with E-state index in [1.165, 1.54) is 0 Å². The molecule has 8 heteroatoms. The fourth-order valence-electron chi connectivity index (χ4n) is 3.41. The van der Waals surface area contributed by atoms with Gasteiger partial charge in [-0.15, -0.1) is 5.10 Å². The minimum absolute atomic E-state index is 0.433. The van der Waals surface area contributed by atoms with E-state index in [4.69, 9.17) is 22.1 Å². The average Bonchev–Trinajstić information content (AvgIpc) is 3.12. The number of nitrogens with two attached hydrogens (primary N) is 1. The molecule has 3 N–H and O–H groups in total. The molecule has 2 heterocycles. The molecule has 1 aliphatic rings. The maximum Gasteiger partial charge on any atom is 0.248 e. The first-order valence-electron chi connectivity index (χ1n) is 9.20. The lowest BCUT2D eigenvalue weighted by Crippen LogP contribution is -2.31. The first-order valence-corrected chi connectivity index (χ1v) is 9.58. The molecule has 1 aromatic heterocycles. The molecule has 2 aromatic carbocycles. The Morgan fingerprint density at radius 2 is 1.90 bits per heavy atom. The number of hydrogen-bond acceptors (Lipinski definition) is 5. The summed E-state index contributed by atoms with van der Waals surface area (Å²) in [6.07, 6.45) is 0. The van der Waals surface area contributed by atoms with Crippen molar-refractivity contribution in [1.29, 1.82) is 0 Å². The standard InChI is InChI=1S/C21H20ClN5O2/c1-3-29-16-10-6-14(7-11-16)20-25-21-24-12(2)17(19(23)28)18(27(21)26-20)13-4-8-15(22)9-5-13/h4-11,18H,3H2,1-2H3,(H2,23,28)(H,24,25,26). The summed E-state index contributed by atoms with van der Waals surface area (Å²) in [5, 5.41) is 8.42. The van der Waals surface area contributed by atoms with Gasteiger partial charge in [0.25, 0.3) is 0 Å². The van der Waals surface area contributed by atoms with Crippen LogP contribution in [0.3, 0.4) is 0 Å². The maximum absolute atomic E-state index is 12.2. The molecule has 4 rings (SSSR count). The van der Waals surface area contributed by atoms with E-state index in [2.05, 4.69) is 15.4 Å². The number of amides is 1. The second-order valence-corrected chi connectivity index (χ2v) is 7.08. The van der Waals surface area contributed by atoms with Crippen LogP contribution in [0.25, 0.3) is 11.4 Å². The summed E-state index contributed by atoms with van der Waals surface area (Å²) in [5.41, 5.74) is 8.46. The zero-order valence-electron chi connectivity index (χ0n) is 16.0. The Bertz CT molecular complexity index is 1090. The van der Waals surface area contributed by atoms with Gasteiger partial charge in [-0.05, 0) is 55.8 Å². The van der Waals surface area contributed by atoms with Gasteiger partial charge in [-0.2, -0.15) is 4.98 Å². The zero-order valence-corrected chi connectivity index (χ0v) is 16.8. The van der Waals surface area contributed by atoms with Gasteiger partial charge in [0.05, 0.1) is 12.2 Å². The van der Waals surface area contributed by atoms with Crippen molar-refractivity contribution in [1.82, 2.24) is 14.8 Å². The molecule has 1 unspecified atom stereocenters. The summed E-state index contributed by atoms with van der Waals surface area (Å²) < 4.78 is 7.17. The molecule has 0 radical (unpaired) electrons. The van der Waals surface area contributed by atoms with Gasteiger partial charge in [0.15, 0.2) is 5.82 Å². The quantitative estimate of drug-likeness (QED) is 0.668. The predicted octanol–water partition coefficient (Wildman–Crippen LogP) is 3.77. The fraction of sp³-hybridized carbons (Fsp3) is 0.190. The Labute approximate surface area is 173 Å². The molecule has 0 saturated heterocycles. The van der Waals surface area contributed by atoms with E-state index < -0.39 is 11.9 Å². The number of carbonyl (C=O) groups excluding carboxylic acids is 1. The number of halogens is 1. The molecule has 0 saturated carbocycles. The monoisotopic (exact) mass is 409 g/mol. The van der Waals surface area contributed by atoms with Crippen LogP contribution in [-0.4, -0.2) is 27.3 Å². The normalized spacial score (nSPS) is 15.6. The van der Waals surface area contributed by atoms with Crippen molar-refractivity contribution in [2.24, 2.45) is 5.73 Å². The summed E-state index contributed by atoms with van der Waals surface area (Å²) >= 11 is 6.04. The molecular formula is C21H20ClN5O2. The topological polar surface area (TPSA) is 95.1 Å². The van der Waals surface area contributed by atoms with E-state index >= 15 is 0 Å². The van der Waals surface area contributed by atoms with E-state index in [-0.39, 0.29) is 0 Å². The number of hydrogen-bond donors (Lipinski definition) is 2. The summed E-state index contributed by atoms with van der Waals surface area (Å²) in [5.74, 6) is 1.34. The lowest BCUT2D eigenvalue weighted by Gasteiger charge is -2.27. The van der Waals surface area contributed by atoms with Gasteiger partial charge < -0.3 is 15.8 Å². The Morgan fingerprint density at radius 3 is 2.52 bits per heavy atom. The number of primary amides is 1. The van der Waals surface area contributed by atoms with Crippen LogP contribution in [0.1, 0.15) is 25.5 Å². The molecule has 1 aliphatic heterocycles. The molecule has 1 amide bonds. The lowest BCUT2D eigenvalue weighted by molar-refractivity contribution is -0.115. The number of fused-ring (bicyclic) bond motifs is 1. The Kier molecular flexibility index (Phi) is 4.98. The van der Waals surface area contributed by atoms with Gasteiger partial charge >= 0.3 is 0 Å². The van der Waals surface area contributed by atoms with Crippen LogP contribution in [0.15, 0.2) is 59.8 Å². The van der Waals surface area contributed by atoms with Crippen molar-refractivity contribution in [2.45, 2.75) is 19.9 Å². The molecule has 0 fully saturated rings. The van der Waals surface area contributed by atoms with Crippen LogP contribution in [0, 0.1) is 0 Å². The molecule has 7 nitrogen and oxygen atoms in total. The predicted molar refractivity (Wildman–Crippen MR) is 112 cm³/mol. The lowest BCUT2D eigenvalue weighted by atomic mass is 9.95. The number of nitrogens with zero attached hydrogens (tertiary/aromatic N) is 3. The molecule has 29 heavy (non-hydrogen) atoms. The van der Waals surface area contributed by atoms with Crippen LogP contribution in [0.5, 0.6) is 5.75 Å². The van der Waals surface area contributed by atoms with Crippen molar-refractivity contribution in [3.8, 4) is 17.1 Å². The summed E-state index contributed by atoms with van der Waals surface area (Å²) in [4.78, 5) is 16.8. The van der Waals surface area contributed by atoms with Crippen LogP contribution >= 0.6 is 11.6 Å². The largest absolute Gasteiger partial charge is 0.494 e. The smallest absolute Gasteiger partial charge is 0.248 e. The number of aromatic nitrogens is 3. The van der Waals surface area contributed by atoms with Gasteiger partial charge in [-0.1, -0.05) is 23.7 Å². The van der Waals surface area contributed by atoms with Crippen molar-refractivity contribution < 1.29 is 9.53 Å². The highest BCUT2D eigenvalue weighted by Gasteiger charge is 2.33. The number of anilines is 1. The van der Waals surface area contributed by atoms with Gasteiger partial charge in [0.2, 0.25) is 11.9 Å². The summed E-state index contributed by atoms with van der Waals surface area (Å²) in [6, 6.07) is 14.3. The van der Waals surface area contributed by atoms with E-state index in [0.717, 1.165) is 16.9 Å². The average molecular weight is 410 g/mol. The third kappa shape index (κ3) is 3.56. The summed E-state index contributed by atoms with van der Waals surface area (Å²) in [7, 11) is 0. The number of allylic oxidation sites excluding steroid dienone is 1. The zero-order chi connectivity index (χ0) is 20.5. The molecule has 0 aliphatic carbocycles. The molecule has 0 spiro atoms. The van der Waals surface area contributed by atoms with E-state index in [1.54, 1.807) is 23.7 Å². The van der Waals surface area contributed by atoms with E-state index in [1.807, 2.05) is 43.3 Å². The Balaban J connectivity index is 1.79. The SMILES string of the molecule is CCOc1ccc(-c2nc3n(n2)C(c2ccc(Cl)cc2)C(C(N)=O)=C(C)N3)cc1. The van der Waals surface area contributed by atoms with Crippen LogP contribution in [0.4, 0.5) is 5.95 Å². The third-order valence-corrected chi connectivity index (χ3v) is 4.98. The van der Waals surface area contributed by atoms with E-state index in [0.29, 0.717) is 34.7 Å². The van der Waals surface area contributed by atoms with Crippen LogP contribution in [-0.2, 0) is 4.79 Å². The first kappa shape index (κ1) is 19.0. The van der Waals surface area contributed by atoms with Gasteiger partial charge in [-0.3, -0.25) is 4.79 Å². The van der Waals surface area contributed by atoms with Crippen molar-refractivity contribution >= 4 is 23.5 Å². The molecular weight excluding hydrogens is 390 g/mol. The van der Waals surface area contributed by atoms with E-state index in [9.17, 15) is 4.79 Å². The molecule has 0 bridgehead atoms. The minimum Gasteiger partial charge on any atom is -0.494 e. The maximum atomic E-state index is 12.2. The first-order chi connectivity index (χ1) is 14.0. The Morgan fingerprint density at radius 1 is 1.21 bits per heavy atom. The Hall–Kier alpha value is -3.32. The van der Waals surface area contributed by atoms with Gasteiger partial charge in [-0.25, -0.2) is 4.68 Å². The number of nitrogens with one attached hydrogen (secondary N) is 1.